The number of rotatable bonds is 2. The summed E-state index contributed by atoms with van der Waals surface area (Å²) in [6.45, 7) is 1.97. The Hall–Kier alpha value is -1.55. The summed E-state index contributed by atoms with van der Waals surface area (Å²) in [6.07, 6.45) is 0.355. The minimum Gasteiger partial charge on any atom is -0.325 e. The Morgan fingerprint density at radius 2 is 1.86 bits per heavy atom. The van der Waals surface area contributed by atoms with Crippen molar-refractivity contribution in [2.75, 3.05) is 5.32 Å². The number of hydrogen-bond acceptors (Lipinski definition) is 2. The van der Waals surface area contributed by atoms with Gasteiger partial charge >= 0.3 is 0 Å². The summed E-state index contributed by atoms with van der Waals surface area (Å²) in [5.41, 5.74) is 10.7. The van der Waals surface area contributed by atoms with E-state index in [1.165, 1.54) is 0 Å². The molecular formula is C16H14Cl2N2O. The Morgan fingerprint density at radius 3 is 2.57 bits per heavy atom. The van der Waals surface area contributed by atoms with E-state index in [0.717, 1.165) is 27.9 Å². The Bertz CT molecular complexity index is 743. The van der Waals surface area contributed by atoms with Crippen molar-refractivity contribution in [3.63, 3.8) is 0 Å². The minimum absolute atomic E-state index is 0.0276. The second-order valence-electron chi connectivity index (χ2n) is 5.26. The molecule has 0 spiro atoms. The molecule has 0 bridgehead atoms. The molecular weight excluding hydrogens is 307 g/mol. The van der Waals surface area contributed by atoms with Gasteiger partial charge in [0, 0.05) is 15.7 Å². The van der Waals surface area contributed by atoms with Gasteiger partial charge in [-0.05, 0) is 47.4 Å². The Balaban J connectivity index is 2.04. The number of carbonyl (C=O) groups is 1. The highest BCUT2D eigenvalue weighted by Gasteiger charge is 2.23. The van der Waals surface area contributed by atoms with Gasteiger partial charge in [-0.1, -0.05) is 35.3 Å². The van der Waals surface area contributed by atoms with E-state index in [2.05, 4.69) is 5.32 Å². The monoisotopic (exact) mass is 320 g/mol. The number of fused-ring (bicyclic) bond motifs is 1. The highest BCUT2D eigenvalue weighted by atomic mass is 35.5. The van der Waals surface area contributed by atoms with Crippen LogP contribution in [0.1, 0.15) is 28.3 Å². The van der Waals surface area contributed by atoms with E-state index in [0.29, 0.717) is 16.5 Å². The summed E-state index contributed by atoms with van der Waals surface area (Å²) in [6, 6.07) is 8.97. The van der Waals surface area contributed by atoms with Gasteiger partial charge in [0.05, 0.1) is 12.5 Å². The molecule has 0 saturated heterocycles. The number of benzene rings is 2. The number of nitrogens with one attached hydrogen (secondary N) is 1. The number of aryl methyl sites for hydroxylation is 1. The van der Waals surface area contributed by atoms with Crippen molar-refractivity contribution < 1.29 is 4.79 Å². The molecule has 21 heavy (non-hydrogen) atoms. The van der Waals surface area contributed by atoms with Gasteiger partial charge < -0.3 is 11.1 Å². The molecule has 0 aliphatic carbocycles. The van der Waals surface area contributed by atoms with Crippen LogP contribution in [-0.4, -0.2) is 5.91 Å². The molecule has 0 radical (unpaired) electrons. The number of halogens is 2. The summed E-state index contributed by atoms with van der Waals surface area (Å²) < 4.78 is 0. The molecule has 1 atom stereocenters. The Kier molecular flexibility index (Phi) is 3.66. The molecule has 0 saturated carbocycles. The van der Waals surface area contributed by atoms with Crippen LogP contribution in [0.4, 0.5) is 5.69 Å². The van der Waals surface area contributed by atoms with Crippen molar-refractivity contribution >= 4 is 34.8 Å². The normalized spacial score (nSPS) is 14.8. The van der Waals surface area contributed by atoms with Crippen molar-refractivity contribution in [1.29, 1.82) is 0 Å². The van der Waals surface area contributed by atoms with Crippen molar-refractivity contribution in [2.45, 2.75) is 19.4 Å². The molecule has 2 aromatic carbocycles. The van der Waals surface area contributed by atoms with Crippen LogP contribution < -0.4 is 11.1 Å². The van der Waals surface area contributed by atoms with Gasteiger partial charge in [-0.2, -0.15) is 0 Å². The summed E-state index contributed by atoms with van der Waals surface area (Å²) in [7, 11) is 0. The van der Waals surface area contributed by atoms with Crippen molar-refractivity contribution in [1.82, 2.24) is 0 Å². The number of amides is 1. The van der Waals surface area contributed by atoms with E-state index in [9.17, 15) is 4.79 Å². The SMILES string of the molecule is Cc1ccc(C(N)c2cc3c(cc2Cl)NC(=O)C3)c(Cl)c1. The van der Waals surface area contributed by atoms with E-state index in [4.69, 9.17) is 28.9 Å². The van der Waals surface area contributed by atoms with E-state index in [1.54, 1.807) is 6.07 Å². The van der Waals surface area contributed by atoms with Gasteiger partial charge in [0.25, 0.3) is 0 Å². The highest BCUT2D eigenvalue weighted by Crippen LogP contribution is 2.36. The first-order valence-electron chi connectivity index (χ1n) is 6.59. The summed E-state index contributed by atoms with van der Waals surface area (Å²) in [4.78, 5) is 11.4. The Morgan fingerprint density at radius 1 is 1.14 bits per heavy atom. The molecule has 1 unspecified atom stereocenters. The van der Waals surface area contributed by atoms with E-state index in [1.807, 2.05) is 31.2 Å². The lowest BCUT2D eigenvalue weighted by atomic mass is 9.96. The van der Waals surface area contributed by atoms with Crippen LogP contribution >= 0.6 is 23.2 Å². The second kappa shape index (κ2) is 5.34. The molecule has 2 aromatic rings. The topological polar surface area (TPSA) is 55.1 Å². The van der Waals surface area contributed by atoms with Gasteiger partial charge in [0.1, 0.15) is 0 Å². The molecule has 3 nitrogen and oxygen atoms in total. The van der Waals surface area contributed by atoms with Gasteiger partial charge in [-0.25, -0.2) is 0 Å². The van der Waals surface area contributed by atoms with E-state index >= 15 is 0 Å². The first kappa shape index (κ1) is 14.4. The fourth-order valence-corrected chi connectivity index (χ4v) is 3.19. The summed E-state index contributed by atoms with van der Waals surface area (Å²) in [5.74, 6) is -0.0276. The lowest BCUT2D eigenvalue weighted by molar-refractivity contribution is -0.115. The highest BCUT2D eigenvalue weighted by molar-refractivity contribution is 6.32. The fraction of sp³-hybridized carbons (Fsp3) is 0.188. The number of nitrogens with two attached hydrogens (primary N) is 1. The van der Waals surface area contributed by atoms with Crippen LogP contribution in [0, 0.1) is 6.92 Å². The molecule has 3 rings (SSSR count). The third kappa shape index (κ3) is 2.64. The maximum atomic E-state index is 11.4. The zero-order chi connectivity index (χ0) is 15.1. The third-order valence-electron chi connectivity index (χ3n) is 3.67. The predicted octanol–water partition coefficient (Wildman–Crippen LogP) is 3.84. The largest absolute Gasteiger partial charge is 0.325 e. The lowest BCUT2D eigenvalue weighted by Crippen LogP contribution is -2.13. The molecule has 1 aliphatic rings. The van der Waals surface area contributed by atoms with Crippen LogP contribution in [0.5, 0.6) is 0 Å². The maximum absolute atomic E-state index is 11.4. The first-order chi connectivity index (χ1) is 9.95. The summed E-state index contributed by atoms with van der Waals surface area (Å²) >= 11 is 12.6. The molecule has 3 N–H and O–H groups in total. The van der Waals surface area contributed by atoms with Crippen molar-refractivity contribution in [3.8, 4) is 0 Å². The van der Waals surface area contributed by atoms with E-state index < -0.39 is 6.04 Å². The Labute approximate surface area is 133 Å². The molecule has 5 heteroatoms. The predicted molar refractivity (Wildman–Crippen MR) is 86.0 cm³/mol. The molecule has 108 valence electrons. The molecule has 0 fully saturated rings. The van der Waals surface area contributed by atoms with Gasteiger partial charge in [0.15, 0.2) is 0 Å². The number of anilines is 1. The fourth-order valence-electron chi connectivity index (χ4n) is 2.56. The van der Waals surface area contributed by atoms with Crippen LogP contribution in [0.15, 0.2) is 30.3 Å². The zero-order valence-electron chi connectivity index (χ0n) is 11.4. The minimum atomic E-state index is -0.424. The third-order valence-corrected chi connectivity index (χ3v) is 4.33. The van der Waals surface area contributed by atoms with Crippen LogP contribution in [0.2, 0.25) is 10.0 Å². The molecule has 1 aliphatic heterocycles. The van der Waals surface area contributed by atoms with Crippen molar-refractivity contribution in [2.24, 2.45) is 5.73 Å². The van der Waals surface area contributed by atoms with Crippen LogP contribution in [0.3, 0.4) is 0 Å². The lowest BCUT2D eigenvalue weighted by Gasteiger charge is -2.17. The quantitative estimate of drug-likeness (QED) is 0.883. The van der Waals surface area contributed by atoms with E-state index in [-0.39, 0.29) is 5.91 Å². The number of hydrogen-bond donors (Lipinski definition) is 2. The van der Waals surface area contributed by atoms with Crippen LogP contribution in [-0.2, 0) is 11.2 Å². The average Bonchev–Trinajstić information content (AvgIpc) is 2.76. The summed E-state index contributed by atoms with van der Waals surface area (Å²) in [5, 5.41) is 3.92. The van der Waals surface area contributed by atoms with Gasteiger partial charge in [-0.15, -0.1) is 0 Å². The van der Waals surface area contributed by atoms with Crippen molar-refractivity contribution in [3.05, 3.63) is 62.6 Å². The molecule has 1 amide bonds. The van der Waals surface area contributed by atoms with Crippen LogP contribution in [0.25, 0.3) is 0 Å². The second-order valence-corrected chi connectivity index (χ2v) is 6.07. The first-order valence-corrected chi connectivity index (χ1v) is 7.35. The van der Waals surface area contributed by atoms with Gasteiger partial charge in [0.2, 0.25) is 5.91 Å². The van der Waals surface area contributed by atoms with Gasteiger partial charge in [-0.3, -0.25) is 4.79 Å². The molecule has 1 heterocycles. The average molecular weight is 321 g/mol. The molecule has 0 aromatic heterocycles. The zero-order valence-corrected chi connectivity index (χ0v) is 12.9. The number of carbonyl (C=O) groups excluding carboxylic acids is 1. The maximum Gasteiger partial charge on any atom is 0.228 e. The standard InChI is InChI=1S/C16H14Cl2N2O/c1-8-2-3-10(12(17)4-8)16(19)11-5-9-6-15(21)20-14(9)7-13(11)18/h2-5,7,16H,6,19H2,1H3,(H,20,21). The smallest absolute Gasteiger partial charge is 0.228 e.